The van der Waals surface area contributed by atoms with Crippen LogP contribution in [0.1, 0.15) is 30.6 Å². The average Bonchev–Trinajstić information content (AvgIpc) is 2.49. The van der Waals surface area contributed by atoms with Gasteiger partial charge in [0.15, 0.2) is 0 Å². The van der Waals surface area contributed by atoms with Crippen molar-refractivity contribution >= 4 is 0 Å². The van der Waals surface area contributed by atoms with E-state index in [1.807, 2.05) is 48.5 Å². The summed E-state index contributed by atoms with van der Waals surface area (Å²) in [5, 5.41) is 0. The van der Waals surface area contributed by atoms with E-state index in [2.05, 4.69) is 30.9 Å². The third-order valence-corrected chi connectivity index (χ3v) is 2.71. The highest BCUT2D eigenvalue weighted by molar-refractivity contribution is 5.36. The smallest absolute Gasteiger partial charge is 0.143 e. The van der Waals surface area contributed by atoms with Crippen molar-refractivity contribution in [1.82, 2.24) is 0 Å². The van der Waals surface area contributed by atoms with Crippen LogP contribution in [0.5, 0.6) is 0 Å². The zero-order valence-corrected chi connectivity index (χ0v) is 11.2. The van der Waals surface area contributed by atoms with Crippen molar-refractivity contribution < 1.29 is 4.74 Å². The highest BCUT2D eigenvalue weighted by Crippen LogP contribution is 2.16. The number of hydrogen-bond donors (Lipinski definition) is 0. The predicted octanol–water partition coefficient (Wildman–Crippen LogP) is 4.21. The number of benzene rings is 2. The van der Waals surface area contributed by atoms with Gasteiger partial charge in [-0.15, -0.1) is 0 Å². The fraction of sp³-hybridized carbons (Fsp3) is 0.222. The van der Waals surface area contributed by atoms with Crippen LogP contribution in [0.2, 0.25) is 0 Å². The normalized spacial score (nSPS) is 11.4. The number of hydrogen-bond acceptors (Lipinski definition) is 1. The summed E-state index contributed by atoms with van der Waals surface area (Å²) in [4.78, 5) is 0. The summed E-state index contributed by atoms with van der Waals surface area (Å²) in [6.07, 6.45) is 0.845. The highest BCUT2D eigenvalue weighted by Gasteiger charge is 2.07. The lowest BCUT2D eigenvalue weighted by atomic mass is 10.1. The Balaban J connectivity index is 2.17. The Labute approximate surface area is 115 Å². The molecule has 19 heavy (non-hydrogen) atoms. The molecule has 0 fully saturated rings. The largest absolute Gasteiger partial charge is 0.361 e. The molecule has 0 aromatic heterocycles. The first-order valence-corrected chi connectivity index (χ1v) is 6.63. The quantitative estimate of drug-likeness (QED) is 0.739. The second-order valence-electron chi connectivity index (χ2n) is 4.30. The topological polar surface area (TPSA) is 9.23 Å². The third kappa shape index (κ3) is 4.28. The molecule has 0 saturated carbocycles. The van der Waals surface area contributed by atoms with E-state index < -0.39 is 0 Å². The summed E-state index contributed by atoms with van der Waals surface area (Å²) in [6.45, 7) is 2.83. The van der Waals surface area contributed by atoms with Crippen LogP contribution in [0.15, 0.2) is 60.7 Å². The average molecular weight is 250 g/mol. The Hall–Kier alpha value is -2.04. The molecule has 1 nitrogen and oxygen atoms in total. The van der Waals surface area contributed by atoms with E-state index in [0.29, 0.717) is 0 Å². The standard InChI is InChI=1S/C18H18O/c1-2-15-19-18(17-11-7-4-8-12-17)14-13-16-9-5-3-6-10-16/h3-12,18H,2,15H2,1H3. The van der Waals surface area contributed by atoms with Crippen LogP contribution >= 0.6 is 0 Å². The van der Waals surface area contributed by atoms with E-state index in [4.69, 9.17) is 4.74 Å². The Bertz CT molecular complexity index is 534. The van der Waals surface area contributed by atoms with Gasteiger partial charge in [-0.3, -0.25) is 0 Å². The summed E-state index contributed by atoms with van der Waals surface area (Å²) in [6, 6.07) is 20.1. The minimum absolute atomic E-state index is 0.152. The van der Waals surface area contributed by atoms with Gasteiger partial charge in [0.2, 0.25) is 0 Å². The van der Waals surface area contributed by atoms with Crippen molar-refractivity contribution in [2.45, 2.75) is 19.4 Å². The fourth-order valence-electron chi connectivity index (χ4n) is 1.76. The van der Waals surface area contributed by atoms with Gasteiger partial charge in [-0.2, -0.15) is 0 Å². The molecule has 0 bridgehead atoms. The van der Waals surface area contributed by atoms with Crippen molar-refractivity contribution in [3.05, 3.63) is 71.8 Å². The molecule has 96 valence electrons. The maximum absolute atomic E-state index is 5.83. The summed E-state index contributed by atoms with van der Waals surface area (Å²) in [5.41, 5.74) is 2.13. The number of ether oxygens (including phenoxy) is 1. The summed E-state index contributed by atoms with van der Waals surface area (Å²) >= 11 is 0. The lowest BCUT2D eigenvalue weighted by Gasteiger charge is -2.11. The van der Waals surface area contributed by atoms with Gasteiger partial charge < -0.3 is 4.74 Å². The zero-order chi connectivity index (χ0) is 13.3. The Morgan fingerprint density at radius 3 is 2.21 bits per heavy atom. The molecule has 0 aliphatic heterocycles. The molecular formula is C18H18O. The Kier molecular flexibility index (Phi) is 5.22. The minimum atomic E-state index is -0.152. The highest BCUT2D eigenvalue weighted by atomic mass is 16.5. The van der Waals surface area contributed by atoms with Crippen molar-refractivity contribution in [1.29, 1.82) is 0 Å². The second kappa shape index (κ2) is 7.41. The van der Waals surface area contributed by atoms with Gasteiger partial charge in [-0.05, 0) is 24.1 Å². The van der Waals surface area contributed by atoms with Gasteiger partial charge in [0, 0.05) is 12.2 Å². The van der Waals surface area contributed by atoms with Crippen molar-refractivity contribution in [3.63, 3.8) is 0 Å². The van der Waals surface area contributed by atoms with Gasteiger partial charge in [0.25, 0.3) is 0 Å². The van der Waals surface area contributed by atoms with Crippen molar-refractivity contribution in [2.75, 3.05) is 6.61 Å². The molecule has 1 heteroatoms. The van der Waals surface area contributed by atoms with E-state index >= 15 is 0 Å². The van der Waals surface area contributed by atoms with E-state index in [1.54, 1.807) is 0 Å². The molecule has 0 saturated heterocycles. The maximum Gasteiger partial charge on any atom is 0.143 e. The van der Waals surface area contributed by atoms with E-state index in [1.165, 1.54) is 0 Å². The molecule has 0 N–H and O–H groups in total. The molecule has 1 unspecified atom stereocenters. The summed E-state index contributed by atoms with van der Waals surface area (Å²) in [7, 11) is 0. The van der Waals surface area contributed by atoms with Crippen LogP contribution in [0, 0.1) is 11.8 Å². The van der Waals surface area contributed by atoms with Gasteiger partial charge in [-0.25, -0.2) is 0 Å². The van der Waals surface area contributed by atoms with E-state index in [9.17, 15) is 0 Å². The van der Waals surface area contributed by atoms with Crippen LogP contribution in [-0.4, -0.2) is 6.61 Å². The molecular weight excluding hydrogens is 232 g/mol. The predicted molar refractivity (Wildman–Crippen MR) is 78.7 cm³/mol. The van der Waals surface area contributed by atoms with Crippen molar-refractivity contribution in [3.8, 4) is 11.8 Å². The maximum atomic E-state index is 5.83. The molecule has 0 spiro atoms. The van der Waals surface area contributed by atoms with E-state index in [-0.39, 0.29) is 6.10 Å². The lowest BCUT2D eigenvalue weighted by molar-refractivity contribution is 0.0922. The van der Waals surface area contributed by atoms with Crippen LogP contribution in [0.4, 0.5) is 0 Å². The Morgan fingerprint density at radius 2 is 1.58 bits per heavy atom. The van der Waals surface area contributed by atoms with Gasteiger partial charge >= 0.3 is 0 Å². The molecule has 0 radical (unpaired) electrons. The van der Waals surface area contributed by atoms with Crippen LogP contribution in [0.25, 0.3) is 0 Å². The first-order valence-electron chi connectivity index (χ1n) is 6.63. The molecule has 0 heterocycles. The fourth-order valence-corrected chi connectivity index (χ4v) is 1.76. The molecule has 0 aliphatic rings. The summed E-state index contributed by atoms with van der Waals surface area (Å²) in [5.74, 6) is 6.39. The molecule has 0 amide bonds. The second-order valence-corrected chi connectivity index (χ2v) is 4.30. The lowest BCUT2D eigenvalue weighted by Crippen LogP contribution is -2.02. The number of rotatable bonds is 4. The molecule has 2 rings (SSSR count). The first-order chi connectivity index (χ1) is 9.40. The molecule has 1 atom stereocenters. The molecule has 2 aromatic carbocycles. The van der Waals surface area contributed by atoms with Crippen molar-refractivity contribution in [2.24, 2.45) is 0 Å². The first kappa shape index (κ1) is 13.4. The third-order valence-electron chi connectivity index (χ3n) is 2.71. The van der Waals surface area contributed by atoms with Gasteiger partial charge in [-0.1, -0.05) is 67.3 Å². The van der Waals surface area contributed by atoms with Crippen LogP contribution in [-0.2, 0) is 4.74 Å². The zero-order valence-electron chi connectivity index (χ0n) is 11.2. The minimum Gasteiger partial charge on any atom is -0.361 e. The van der Waals surface area contributed by atoms with E-state index in [0.717, 1.165) is 24.2 Å². The Morgan fingerprint density at radius 1 is 0.947 bits per heavy atom. The molecule has 2 aromatic rings. The molecule has 0 aliphatic carbocycles. The van der Waals surface area contributed by atoms with Gasteiger partial charge in [0.05, 0.1) is 0 Å². The SMILES string of the molecule is CCCOC(C#Cc1ccccc1)c1ccccc1. The monoisotopic (exact) mass is 250 g/mol. The summed E-state index contributed by atoms with van der Waals surface area (Å²) < 4.78 is 5.83. The van der Waals surface area contributed by atoms with Gasteiger partial charge in [0.1, 0.15) is 6.10 Å². The van der Waals surface area contributed by atoms with Crippen LogP contribution in [0.3, 0.4) is 0 Å². The van der Waals surface area contributed by atoms with Crippen LogP contribution < -0.4 is 0 Å².